The summed E-state index contributed by atoms with van der Waals surface area (Å²) in [7, 11) is -3.61. The van der Waals surface area contributed by atoms with Gasteiger partial charge < -0.3 is 10.4 Å². The molecule has 4 nitrogen and oxygen atoms in total. The van der Waals surface area contributed by atoms with E-state index in [0.717, 1.165) is 12.1 Å². The normalized spacial score (nSPS) is 17.4. The smallest absolute Gasteiger partial charge is 0.157 e. The quantitative estimate of drug-likeness (QED) is 0.856. The number of rotatable bonds is 4. The van der Waals surface area contributed by atoms with Crippen molar-refractivity contribution in [2.75, 3.05) is 18.8 Å². The lowest BCUT2D eigenvalue weighted by atomic mass is 10.0. The monoisotopic (exact) mass is 313 g/mol. The van der Waals surface area contributed by atoms with Gasteiger partial charge in [-0.2, -0.15) is 0 Å². The summed E-state index contributed by atoms with van der Waals surface area (Å²) in [5.41, 5.74) is -1.21. The molecule has 8 heteroatoms. The van der Waals surface area contributed by atoms with Crippen LogP contribution in [0.4, 0.5) is 8.78 Å². The molecule has 19 heavy (non-hydrogen) atoms. The fourth-order valence-electron chi connectivity index (χ4n) is 1.92. The minimum absolute atomic E-state index is 0. The van der Waals surface area contributed by atoms with Gasteiger partial charge >= 0.3 is 0 Å². The molecule has 2 N–H and O–H groups in total. The van der Waals surface area contributed by atoms with Crippen LogP contribution in [0.1, 0.15) is 5.56 Å². The summed E-state index contributed by atoms with van der Waals surface area (Å²) in [5, 5.41) is 12.5. The molecule has 1 aliphatic rings. The molecule has 0 bridgehead atoms. The first kappa shape index (κ1) is 16.3. The highest BCUT2D eigenvalue weighted by Gasteiger charge is 2.38. The second kappa shape index (κ2) is 5.70. The van der Waals surface area contributed by atoms with Gasteiger partial charge in [0.2, 0.25) is 0 Å². The van der Waals surface area contributed by atoms with E-state index in [9.17, 15) is 22.3 Å². The molecule has 0 atom stereocenters. The van der Waals surface area contributed by atoms with Gasteiger partial charge in [-0.05, 0) is 17.7 Å². The Morgan fingerprint density at radius 3 is 2.16 bits per heavy atom. The van der Waals surface area contributed by atoms with E-state index in [0.29, 0.717) is 6.07 Å². The number of nitrogens with one attached hydrogen (secondary N) is 1. The molecule has 1 aromatic carbocycles. The largest absolute Gasteiger partial charge is 0.386 e. The maximum absolute atomic E-state index is 12.9. The predicted octanol–water partition coefficient (Wildman–Crippen LogP) is 0.636. The Labute approximate surface area is 116 Å². The van der Waals surface area contributed by atoms with E-state index in [-0.39, 0.29) is 31.1 Å². The summed E-state index contributed by atoms with van der Waals surface area (Å²) in [6.45, 7) is 0.424. The highest BCUT2D eigenvalue weighted by Crippen LogP contribution is 2.18. The van der Waals surface area contributed by atoms with Gasteiger partial charge in [-0.25, -0.2) is 17.2 Å². The van der Waals surface area contributed by atoms with Gasteiger partial charge in [0.05, 0.1) is 11.5 Å². The molecule has 0 spiro atoms. The Morgan fingerprint density at radius 1 is 1.21 bits per heavy atom. The number of aliphatic hydroxyl groups is 1. The molecule has 108 valence electrons. The van der Waals surface area contributed by atoms with Crippen LogP contribution in [0.3, 0.4) is 0 Å². The lowest BCUT2D eigenvalue weighted by molar-refractivity contribution is 0.0120. The molecule has 0 unspecified atom stereocenters. The molecular weight excluding hydrogens is 300 g/mol. The van der Waals surface area contributed by atoms with Crippen LogP contribution in [-0.4, -0.2) is 38.0 Å². The zero-order valence-corrected chi connectivity index (χ0v) is 11.5. The van der Waals surface area contributed by atoms with Crippen LogP contribution in [0, 0.1) is 11.6 Å². The van der Waals surface area contributed by atoms with E-state index in [4.69, 9.17) is 0 Å². The van der Waals surface area contributed by atoms with Gasteiger partial charge in [0.25, 0.3) is 0 Å². The Kier molecular flexibility index (Phi) is 4.89. The van der Waals surface area contributed by atoms with Gasteiger partial charge in [0, 0.05) is 19.2 Å². The zero-order chi connectivity index (χ0) is 13.4. The molecule has 0 amide bonds. The van der Waals surface area contributed by atoms with Crippen LogP contribution in [-0.2, 0) is 15.6 Å². The first-order valence-corrected chi connectivity index (χ1v) is 7.19. The maximum Gasteiger partial charge on any atom is 0.157 e. The van der Waals surface area contributed by atoms with E-state index < -0.39 is 38.6 Å². The molecule has 0 aromatic heterocycles. The van der Waals surface area contributed by atoms with Gasteiger partial charge in [-0.3, -0.25) is 0 Å². The third kappa shape index (κ3) is 4.38. The molecule has 2 rings (SSSR count). The van der Waals surface area contributed by atoms with Crippen LogP contribution in [0.15, 0.2) is 18.2 Å². The molecule has 1 fully saturated rings. The van der Waals surface area contributed by atoms with Crippen molar-refractivity contribution >= 4 is 22.2 Å². The molecule has 0 saturated carbocycles. The minimum atomic E-state index is -3.61. The Balaban J connectivity index is 0.00000180. The van der Waals surface area contributed by atoms with Crippen LogP contribution in [0.5, 0.6) is 0 Å². The lowest BCUT2D eigenvalue weighted by Crippen LogP contribution is -2.62. The second-order valence-corrected chi connectivity index (χ2v) is 6.70. The number of hydrogen-bond acceptors (Lipinski definition) is 4. The van der Waals surface area contributed by atoms with E-state index in [1.165, 1.54) is 0 Å². The second-order valence-electron chi connectivity index (χ2n) is 4.64. The van der Waals surface area contributed by atoms with E-state index in [1.54, 1.807) is 0 Å². The predicted molar refractivity (Wildman–Crippen MR) is 68.9 cm³/mol. The van der Waals surface area contributed by atoms with Gasteiger partial charge in [0.1, 0.15) is 17.2 Å². The number of halogens is 3. The van der Waals surface area contributed by atoms with Crippen molar-refractivity contribution in [1.82, 2.24) is 5.32 Å². The minimum Gasteiger partial charge on any atom is -0.386 e. The third-order valence-corrected chi connectivity index (χ3v) is 4.46. The fraction of sp³-hybridized carbons (Fsp3) is 0.455. The SMILES string of the molecule is Cl.O=S(=O)(Cc1cc(F)cc(F)c1)CC1(O)CNC1. The molecule has 1 aliphatic heterocycles. The van der Waals surface area contributed by atoms with Crippen LogP contribution in [0.25, 0.3) is 0 Å². The molecule has 0 aliphatic carbocycles. The zero-order valence-electron chi connectivity index (χ0n) is 9.90. The maximum atomic E-state index is 12.9. The Bertz CT molecular complexity index is 541. The van der Waals surface area contributed by atoms with Crippen molar-refractivity contribution in [3.8, 4) is 0 Å². The number of β-amino-alcohol motifs (C(OH)–C–C–N with tert-alkyl or cyclic N) is 1. The average Bonchev–Trinajstić information content (AvgIpc) is 2.11. The fourth-order valence-corrected chi connectivity index (χ4v) is 3.72. The summed E-state index contributed by atoms with van der Waals surface area (Å²) in [6.07, 6.45) is 0. The van der Waals surface area contributed by atoms with Crippen molar-refractivity contribution < 1.29 is 22.3 Å². The van der Waals surface area contributed by atoms with E-state index in [1.807, 2.05) is 0 Å². The molecular formula is C11H14ClF2NO3S. The van der Waals surface area contributed by atoms with Crippen molar-refractivity contribution in [2.45, 2.75) is 11.4 Å². The van der Waals surface area contributed by atoms with Crippen molar-refractivity contribution in [3.63, 3.8) is 0 Å². The van der Waals surface area contributed by atoms with Gasteiger partial charge in [-0.15, -0.1) is 12.4 Å². The van der Waals surface area contributed by atoms with Crippen LogP contribution >= 0.6 is 12.4 Å². The van der Waals surface area contributed by atoms with Crippen LogP contribution in [0.2, 0.25) is 0 Å². The standard InChI is InChI=1S/C11H13F2NO3S.ClH/c12-9-1-8(2-10(13)3-9)4-18(16,17)7-11(15)5-14-6-11;/h1-3,14-15H,4-7H2;1H. The number of hydrogen-bond donors (Lipinski definition) is 2. The van der Waals surface area contributed by atoms with Crippen LogP contribution < -0.4 is 5.32 Å². The summed E-state index contributed by atoms with van der Waals surface area (Å²) in [6, 6.07) is 2.63. The topological polar surface area (TPSA) is 66.4 Å². The van der Waals surface area contributed by atoms with Crippen molar-refractivity contribution in [3.05, 3.63) is 35.4 Å². The highest BCUT2D eigenvalue weighted by molar-refractivity contribution is 7.90. The molecule has 0 radical (unpaired) electrons. The summed E-state index contributed by atoms with van der Waals surface area (Å²) in [4.78, 5) is 0. The molecule has 1 aromatic rings. The summed E-state index contributed by atoms with van der Waals surface area (Å²) in [5.74, 6) is -2.52. The number of benzene rings is 1. The summed E-state index contributed by atoms with van der Waals surface area (Å²) >= 11 is 0. The average molecular weight is 314 g/mol. The summed E-state index contributed by atoms with van der Waals surface area (Å²) < 4.78 is 49.4. The van der Waals surface area contributed by atoms with E-state index >= 15 is 0 Å². The van der Waals surface area contributed by atoms with Gasteiger partial charge in [-0.1, -0.05) is 0 Å². The van der Waals surface area contributed by atoms with E-state index in [2.05, 4.69) is 5.32 Å². The number of sulfone groups is 1. The van der Waals surface area contributed by atoms with Gasteiger partial charge in [0.15, 0.2) is 9.84 Å². The Hall–Kier alpha value is -0.760. The molecule has 1 saturated heterocycles. The first-order chi connectivity index (χ1) is 8.28. The first-order valence-electron chi connectivity index (χ1n) is 5.37. The Morgan fingerprint density at radius 2 is 1.74 bits per heavy atom. The molecule has 1 heterocycles. The lowest BCUT2D eigenvalue weighted by Gasteiger charge is -2.37. The van der Waals surface area contributed by atoms with Crippen molar-refractivity contribution in [1.29, 1.82) is 0 Å². The highest BCUT2D eigenvalue weighted by atomic mass is 35.5. The van der Waals surface area contributed by atoms with Crippen molar-refractivity contribution in [2.24, 2.45) is 0 Å². The third-order valence-electron chi connectivity index (χ3n) is 2.71.